The molecule has 1 aliphatic rings. The summed E-state index contributed by atoms with van der Waals surface area (Å²) in [6, 6.07) is 5.72. The highest BCUT2D eigenvalue weighted by Gasteiger charge is 2.42. The Kier molecular flexibility index (Phi) is 10.0. The molecular weight excluding hydrogens is 481 g/mol. The van der Waals surface area contributed by atoms with Crippen LogP contribution in [0.5, 0.6) is 0 Å². The molecule has 3 atom stereocenters. The number of likely N-dealkylation sites (N-methyl/N-ethyl adjacent to an activating group) is 1. The Morgan fingerprint density at radius 3 is 2.06 bits per heavy atom. The highest BCUT2D eigenvalue weighted by atomic mass is 31.2. The molecule has 0 spiro atoms. The molecule has 4 amide bonds. The van der Waals surface area contributed by atoms with E-state index in [1.54, 1.807) is 31.2 Å². The molecule has 0 saturated heterocycles. The number of carbonyl (C=O) groups is 4. The van der Waals surface area contributed by atoms with E-state index in [1.165, 1.54) is 7.05 Å². The molecule has 0 aromatic heterocycles. The number of nitrogens with one attached hydrogen (secondary N) is 2. The van der Waals surface area contributed by atoms with Gasteiger partial charge in [-0.3, -0.25) is 28.6 Å². The van der Waals surface area contributed by atoms with Crippen molar-refractivity contribution in [2.45, 2.75) is 60.4 Å². The zero-order valence-electron chi connectivity index (χ0n) is 22.4. The number of hydrogen-bond donors (Lipinski definition) is 2. The van der Waals surface area contributed by atoms with E-state index in [1.807, 2.05) is 34.6 Å². The molecule has 1 heterocycles. The van der Waals surface area contributed by atoms with Gasteiger partial charge in [-0.05, 0) is 43.2 Å². The van der Waals surface area contributed by atoms with Crippen LogP contribution in [0.15, 0.2) is 24.3 Å². The van der Waals surface area contributed by atoms with Crippen molar-refractivity contribution < 1.29 is 28.3 Å². The van der Waals surface area contributed by atoms with Gasteiger partial charge in [0.25, 0.3) is 11.8 Å². The maximum atomic E-state index is 14.0. The lowest BCUT2D eigenvalue weighted by Gasteiger charge is -2.31. The number of carbonyl (C=O) groups excluding carboxylic acids is 4. The predicted octanol–water partition coefficient (Wildman–Crippen LogP) is 3.88. The maximum Gasteiger partial charge on any atom is 0.262 e. The highest BCUT2D eigenvalue weighted by Crippen LogP contribution is 2.51. The van der Waals surface area contributed by atoms with Gasteiger partial charge in [0, 0.05) is 19.1 Å². The van der Waals surface area contributed by atoms with Gasteiger partial charge >= 0.3 is 0 Å². The van der Waals surface area contributed by atoms with Crippen LogP contribution in [-0.2, 0) is 18.7 Å². The van der Waals surface area contributed by atoms with Gasteiger partial charge in [-0.1, -0.05) is 46.8 Å². The number of benzene rings is 1. The average Bonchev–Trinajstić information content (AvgIpc) is 3.01. The van der Waals surface area contributed by atoms with Gasteiger partial charge < -0.3 is 15.2 Å². The van der Waals surface area contributed by atoms with Gasteiger partial charge in [0.2, 0.25) is 19.2 Å². The summed E-state index contributed by atoms with van der Waals surface area (Å²) < 4.78 is 19.7. The fraction of sp³-hybridized carbons (Fsp3) is 0.615. The first-order valence-electron chi connectivity index (χ1n) is 12.4. The summed E-state index contributed by atoms with van der Waals surface area (Å²) in [6.45, 7) is 11.6. The first kappa shape index (κ1) is 29.7. The third kappa shape index (κ3) is 7.74. The normalized spacial score (nSPS) is 16.9. The van der Waals surface area contributed by atoms with Crippen molar-refractivity contribution in [2.24, 2.45) is 17.3 Å². The number of imide groups is 1. The molecule has 200 valence electrons. The summed E-state index contributed by atoms with van der Waals surface area (Å²) in [5, 5.41) is 5.42. The van der Waals surface area contributed by atoms with E-state index in [2.05, 4.69) is 10.6 Å². The molecule has 0 aliphatic carbocycles. The van der Waals surface area contributed by atoms with Crippen molar-refractivity contribution in [1.29, 1.82) is 0 Å². The lowest BCUT2D eigenvalue weighted by atomic mass is 9.85. The molecule has 2 rings (SSSR count). The summed E-state index contributed by atoms with van der Waals surface area (Å²) >= 11 is 0. The zero-order valence-corrected chi connectivity index (χ0v) is 23.3. The minimum absolute atomic E-state index is 0.0958. The van der Waals surface area contributed by atoms with E-state index < -0.39 is 43.3 Å². The Morgan fingerprint density at radius 1 is 1.06 bits per heavy atom. The van der Waals surface area contributed by atoms with Crippen LogP contribution in [-0.4, -0.2) is 60.7 Å². The number of nitrogens with zero attached hydrogens (tertiary/aromatic N) is 1. The first-order chi connectivity index (χ1) is 16.7. The summed E-state index contributed by atoms with van der Waals surface area (Å²) in [5.74, 6) is -2.34. The monoisotopic (exact) mass is 521 g/mol. The molecule has 0 radical (unpaired) electrons. The third-order valence-electron chi connectivity index (χ3n) is 5.91. The van der Waals surface area contributed by atoms with E-state index in [-0.39, 0.29) is 41.1 Å². The molecule has 36 heavy (non-hydrogen) atoms. The molecule has 2 N–H and O–H groups in total. The highest BCUT2D eigenvalue weighted by molar-refractivity contribution is 7.59. The van der Waals surface area contributed by atoms with Gasteiger partial charge in [0.05, 0.1) is 17.7 Å². The van der Waals surface area contributed by atoms with Gasteiger partial charge in [-0.15, -0.1) is 0 Å². The second kappa shape index (κ2) is 12.2. The number of amides is 4. The quantitative estimate of drug-likeness (QED) is 0.318. The van der Waals surface area contributed by atoms with Crippen molar-refractivity contribution in [3.63, 3.8) is 0 Å². The lowest BCUT2D eigenvalue weighted by Crippen LogP contribution is -2.49. The zero-order chi connectivity index (χ0) is 27.3. The number of hydrogen-bond acceptors (Lipinski definition) is 6. The maximum absolute atomic E-state index is 14.0. The number of rotatable bonds is 12. The SMILES string of the molecule is CCOP(=O)(C[C@@H](CC(C)(C)C)C(=O)N[C@@H](CC(C)C)C(=O)NC)CN1C(=O)c2ccccc2C1=O. The molecule has 9 nitrogen and oxygen atoms in total. The lowest BCUT2D eigenvalue weighted by molar-refractivity contribution is -0.131. The van der Waals surface area contributed by atoms with Crippen molar-refractivity contribution in [3.05, 3.63) is 35.4 Å². The van der Waals surface area contributed by atoms with Crippen LogP contribution in [0, 0.1) is 17.3 Å². The van der Waals surface area contributed by atoms with Gasteiger partial charge in [-0.25, -0.2) is 0 Å². The summed E-state index contributed by atoms with van der Waals surface area (Å²) in [4.78, 5) is 52.6. The van der Waals surface area contributed by atoms with Gasteiger partial charge in [-0.2, -0.15) is 0 Å². The van der Waals surface area contributed by atoms with Crippen LogP contribution in [0.3, 0.4) is 0 Å². The Balaban J connectivity index is 2.32. The first-order valence-corrected chi connectivity index (χ1v) is 14.4. The third-order valence-corrected chi connectivity index (χ3v) is 8.35. The minimum atomic E-state index is -3.65. The molecule has 0 bridgehead atoms. The average molecular weight is 522 g/mol. The van der Waals surface area contributed by atoms with E-state index in [4.69, 9.17) is 4.52 Å². The molecule has 1 unspecified atom stereocenters. The van der Waals surface area contributed by atoms with E-state index in [0.717, 1.165) is 4.90 Å². The van der Waals surface area contributed by atoms with Crippen LogP contribution in [0.25, 0.3) is 0 Å². The molecule has 1 aromatic carbocycles. The number of fused-ring (bicyclic) bond motifs is 1. The summed E-state index contributed by atoms with van der Waals surface area (Å²) in [7, 11) is -2.13. The fourth-order valence-electron chi connectivity index (χ4n) is 4.45. The smallest absolute Gasteiger partial charge is 0.262 e. The molecule has 0 saturated carbocycles. The van der Waals surface area contributed by atoms with Crippen molar-refractivity contribution >= 4 is 31.0 Å². The molecular formula is C26H40N3O6P. The molecule has 1 aliphatic heterocycles. The Hall–Kier alpha value is -2.51. The molecule has 0 fully saturated rings. The van der Waals surface area contributed by atoms with Crippen LogP contribution in [0.4, 0.5) is 0 Å². The van der Waals surface area contributed by atoms with Gasteiger partial charge in [0.1, 0.15) is 12.3 Å². The van der Waals surface area contributed by atoms with E-state index in [0.29, 0.717) is 12.8 Å². The standard InChI is InChI=1S/C26H40N3O6P/c1-8-35-36(34,16-29-24(32)19-11-9-10-12-20(19)25(29)33)15-18(14-26(4,5)6)22(30)28-21(13-17(2)3)23(31)27-7/h9-12,17-18,21H,8,13-16H2,1-7H3,(H,27,31)(H,28,30)/t18-,21+,36?/m1/s1. The van der Waals surface area contributed by atoms with Gasteiger partial charge in [0.15, 0.2) is 0 Å². The van der Waals surface area contributed by atoms with Crippen LogP contribution < -0.4 is 10.6 Å². The van der Waals surface area contributed by atoms with Crippen LogP contribution >= 0.6 is 7.37 Å². The van der Waals surface area contributed by atoms with Crippen molar-refractivity contribution in [3.8, 4) is 0 Å². The largest absolute Gasteiger partial charge is 0.357 e. The van der Waals surface area contributed by atoms with Crippen molar-refractivity contribution in [1.82, 2.24) is 15.5 Å². The van der Waals surface area contributed by atoms with Crippen LogP contribution in [0.1, 0.15) is 75.1 Å². The summed E-state index contributed by atoms with van der Waals surface area (Å²) in [6.07, 6.45) is 0.261. The van der Waals surface area contributed by atoms with E-state index >= 15 is 0 Å². The Bertz CT molecular complexity index is 998. The Morgan fingerprint density at radius 2 is 1.61 bits per heavy atom. The predicted molar refractivity (Wildman–Crippen MR) is 139 cm³/mol. The van der Waals surface area contributed by atoms with Crippen molar-refractivity contribution in [2.75, 3.05) is 26.1 Å². The second-order valence-electron chi connectivity index (χ2n) is 10.9. The fourth-order valence-corrected chi connectivity index (χ4v) is 6.88. The second-order valence-corrected chi connectivity index (χ2v) is 13.4. The van der Waals surface area contributed by atoms with Crippen LogP contribution in [0.2, 0.25) is 0 Å². The van der Waals surface area contributed by atoms with E-state index in [9.17, 15) is 23.7 Å². The minimum Gasteiger partial charge on any atom is -0.357 e. The molecule has 1 aromatic rings. The summed E-state index contributed by atoms with van der Waals surface area (Å²) in [5.41, 5.74) is 0.225. The Labute approximate surface area is 214 Å². The topological polar surface area (TPSA) is 122 Å². The molecule has 10 heteroatoms.